The topological polar surface area (TPSA) is 74.6 Å². The minimum Gasteiger partial charge on any atom is -0.478 e. The molecule has 0 aliphatic carbocycles. The van der Waals surface area contributed by atoms with Gasteiger partial charge in [-0.1, -0.05) is 60.7 Å². The third kappa shape index (κ3) is 6.06. The SMILES string of the molecule is CC(C(=O)O)=C(C)c1ccccc1.CC(C(=O)O)=C(C)c1ccccc1. The predicted molar refractivity (Wildman–Crippen MR) is 105 cm³/mol. The van der Waals surface area contributed by atoms with Gasteiger partial charge in [0.05, 0.1) is 0 Å². The predicted octanol–water partition coefficient (Wildman–Crippen LogP) is 5.13. The zero-order chi connectivity index (χ0) is 19.7. The summed E-state index contributed by atoms with van der Waals surface area (Å²) >= 11 is 0. The van der Waals surface area contributed by atoms with Gasteiger partial charge in [0.15, 0.2) is 0 Å². The lowest BCUT2D eigenvalue weighted by atomic mass is 10.0. The molecule has 4 nitrogen and oxygen atoms in total. The molecule has 2 rings (SSSR count). The summed E-state index contributed by atoms with van der Waals surface area (Å²) in [5, 5.41) is 17.5. The summed E-state index contributed by atoms with van der Waals surface area (Å²) in [6.07, 6.45) is 0. The third-order valence-electron chi connectivity index (χ3n) is 4.18. The molecule has 0 aromatic heterocycles. The largest absolute Gasteiger partial charge is 0.478 e. The van der Waals surface area contributed by atoms with Crippen molar-refractivity contribution >= 4 is 23.1 Å². The average Bonchev–Trinajstić information content (AvgIpc) is 2.67. The summed E-state index contributed by atoms with van der Waals surface area (Å²) in [7, 11) is 0. The van der Waals surface area contributed by atoms with E-state index in [9.17, 15) is 9.59 Å². The molecule has 0 fully saturated rings. The van der Waals surface area contributed by atoms with E-state index in [1.807, 2.05) is 74.5 Å². The number of carboxylic acid groups (broad SMARTS) is 2. The highest BCUT2D eigenvalue weighted by atomic mass is 16.4. The Balaban J connectivity index is 0.000000260. The van der Waals surface area contributed by atoms with Crippen molar-refractivity contribution in [3.63, 3.8) is 0 Å². The summed E-state index contributed by atoms with van der Waals surface area (Å²) in [6, 6.07) is 19.0. The number of carbonyl (C=O) groups is 2. The maximum absolute atomic E-state index is 10.7. The Labute approximate surface area is 154 Å². The maximum atomic E-state index is 10.7. The van der Waals surface area contributed by atoms with Gasteiger partial charge in [-0.3, -0.25) is 0 Å². The van der Waals surface area contributed by atoms with Crippen molar-refractivity contribution in [2.45, 2.75) is 27.7 Å². The van der Waals surface area contributed by atoms with E-state index in [1.165, 1.54) is 0 Å². The van der Waals surface area contributed by atoms with Crippen LogP contribution in [0.15, 0.2) is 71.8 Å². The van der Waals surface area contributed by atoms with Crippen LogP contribution in [0.2, 0.25) is 0 Å². The number of aliphatic carboxylic acids is 2. The first-order valence-corrected chi connectivity index (χ1v) is 8.18. The smallest absolute Gasteiger partial charge is 0.331 e. The van der Waals surface area contributed by atoms with Crippen LogP contribution in [0.1, 0.15) is 38.8 Å². The van der Waals surface area contributed by atoms with E-state index >= 15 is 0 Å². The van der Waals surface area contributed by atoms with Crippen LogP contribution in [0.4, 0.5) is 0 Å². The highest BCUT2D eigenvalue weighted by molar-refractivity contribution is 5.95. The lowest BCUT2D eigenvalue weighted by molar-refractivity contribution is -0.133. The highest BCUT2D eigenvalue weighted by Gasteiger charge is 2.06. The molecule has 0 aliphatic heterocycles. The zero-order valence-electron chi connectivity index (χ0n) is 15.5. The van der Waals surface area contributed by atoms with E-state index in [2.05, 4.69) is 0 Å². The molecule has 0 atom stereocenters. The van der Waals surface area contributed by atoms with E-state index < -0.39 is 11.9 Å². The Kier molecular flexibility index (Phi) is 8.03. The molecule has 0 radical (unpaired) electrons. The molecule has 0 unspecified atom stereocenters. The molecular formula is C22H24O4. The first-order chi connectivity index (χ1) is 12.3. The monoisotopic (exact) mass is 352 g/mol. The first kappa shape index (κ1) is 20.9. The maximum Gasteiger partial charge on any atom is 0.331 e. The van der Waals surface area contributed by atoms with Gasteiger partial charge >= 0.3 is 11.9 Å². The molecular weight excluding hydrogens is 328 g/mol. The fourth-order valence-electron chi connectivity index (χ4n) is 2.13. The molecule has 0 bridgehead atoms. The second-order valence-electron chi connectivity index (χ2n) is 5.84. The van der Waals surface area contributed by atoms with Gasteiger partial charge < -0.3 is 10.2 Å². The molecule has 2 aromatic carbocycles. The van der Waals surface area contributed by atoms with Crippen molar-refractivity contribution in [1.29, 1.82) is 0 Å². The second kappa shape index (κ2) is 9.99. The number of hydrogen-bond donors (Lipinski definition) is 2. The van der Waals surface area contributed by atoms with Gasteiger partial charge in [-0.2, -0.15) is 0 Å². The van der Waals surface area contributed by atoms with Crippen LogP contribution in [-0.4, -0.2) is 22.2 Å². The molecule has 0 aliphatic rings. The molecule has 136 valence electrons. The zero-order valence-corrected chi connectivity index (χ0v) is 15.5. The number of allylic oxidation sites excluding steroid dienone is 2. The molecule has 0 saturated carbocycles. The highest BCUT2D eigenvalue weighted by Crippen LogP contribution is 2.18. The number of hydrogen-bond acceptors (Lipinski definition) is 2. The van der Waals surface area contributed by atoms with Crippen molar-refractivity contribution < 1.29 is 19.8 Å². The molecule has 2 N–H and O–H groups in total. The molecule has 0 saturated heterocycles. The van der Waals surface area contributed by atoms with Crippen molar-refractivity contribution in [2.24, 2.45) is 0 Å². The van der Waals surface area contributed by atoms with Crippen LogP contribution in [-0.2, 0) is 9.59 Å². The van der Waals surface area contributed by atoms with E-state index in [-0.39, 0.29) is 0 Å². The summed E-state index contributed by atoms with van der Waals surface area (Å²) < 4.78 is 0. The van der Waals surface area contributed by atoms with Gasteiger partial charge in [0.2, 0.25) is 0 Å². The number of carboxylic acids is 2. The average molecular weight is 352 g/mol. The standard InChI is InChI=1S/2C11H12O2/c2*1-8(9(2)11(12)13)10-6-4-3-5-7-10/h2*3-7H,1-2H3,(H,12,13). The molecule has 4 heteroatoms. The van der Waals surface area contributed by atoms with Gasteiger partial charge in [-0.05, 0) is 50.0 Å². The Morgan fingerprint density at radius 3 is 1.08 bits per heavy atom. The normalized spacial score (nSPS) is 12.2. The van der Waals surface area contributed by atoms with Crippen LogP contribution in [0.5, 0.6) is 0 Å². The third-order valence-corrected chi connectivity index (χ3v) is 4.18. The minimum atomic E-state index is -0.860. The first-order valence-electron chi connectivity index (χ1n) is 8.18. The lowest BCUT2D eigenvalue weighted by Crippen LogP contribution is -1.98. The van der Waals surface area contributed by atoms with Crippen LogP contribution in [0.25, 0.3) is 11.1 Å². The van der Waals surface area contributed by atoms with Crippen LogP contribution >= 0.6 is 0 Å². The van der Waals surface area contributed by atoms with Gasteiger partial charge in [-0.25, -0.2) is 9.59 Å². The van der Waals surface area contributed by atoms with Crippen LogP contribution in [0.3, 0.4) is 0 Å². The van der Waals surface area contributed by atoms with E-state index in [4.69, 9.17) is 10.2 Å². The van der Waals surface area contributed by atoms with Gasteiger partial charge in [0.1, 0.15) is 0 Å². The van der Waals surface area contributed by atoms with Crippen molar-refractivity contribution in [2.75, 3.05) is 0 Å². The molecule has 26 heavy (non-hydrogen) atoms. The second-order valence-corrected chi connectivity index (χ2v) is 5.84. The number of rotatable bonds is 4. The van der Waals surface area contributed by atoms with E-state index in [0.29, 0.717) is 11.1 Å². The van der Waals surface area contributed by atoms with Crippen molar-refractivity contribution in [1.82, 2.24) is 0 Å². The Morgan fingerprint density at radius 2 is 0.846 bits per heavy atom. The van der Waals surface area contributed by atoms with E-state index in [0.717, 1.165) is 22.3 Å². The Bertz CT molecular complexity index is 744. The van der Waals surface area contributed by atoms with Crippen LogP contribution < -0.4 is 0 Å². The molecule has 0 heterocycles. The van der Waals surface area contributed by atoms with E-state index in [1.54, 1.807) is 13.8 Å². The van der Waals surface area contributed by atoms with Gasteiger partial charge in [-0.15, -0.1) is 0 Å². The van der Waals surface area contributed by atoms with Gasteiger partial charge in [0.25, 0.3) is 0 Å². The lowest BCUT2D eigenvalue weighted by Gasteiger charge is -2.03. The fraction of sp³-hybridized carbons (Fsp3) is 0.182. The molecule has 0 amide bonds. The minimum absolute atomic E-state index is 0.395. The van der Waals surface area contributed by atoms with Gasteiger partial charge in [0, 0.05) is 11.1 Å². The van der Waals surface area contributed by atoms with Crippen LogP contribution in [0, 0.1) is 0 Å². The van der Waals surface area contributed by atoms with Crippen molar-refractivity contribution in [3.05, 3.63) is 82.9 Å². The quantitative estimate of drug-likeness (QED) is 0.748. The summed E-state index contributed by atoms with van der Waals surface area (Å²) in [5.41, 5.74) is 4.34. The Hall–Kier alpha value is -3.14. The summed E-state index contributed by atoms with van der Waals surface area (Å²) in [6.45, 7) is 6.87. The molecule has 0 spiro atoms. The van der Waals surface area contributed by atoms with Crippen molar-refractivity contribution in [3.8, 4) is 0 Å². The summed E-state index contributed by atoms with van der Waals surface area (Å²) in [5.74, 6) is -1.72. The summed E-state index contributed by atoms with van der Waals surface area (Å²) in [4.78, 5) is 21.3. The Morgan fingerprint density at radius 1 is 0.577 bits per heavy atom. The molecule has 2 aromatic rings. The fourth-order valence-corrected chi connectivity index (χ4v) is 2.13. The number of benzene rings is 2.